The first-order valence-corrected chi connectivity index (χ1v) is 12.7. The largest absolute Gasteiger partial charge is 0.376 e. The molecule has 5 nitrogen and oxygen atoms in total. The number of hydrogen-bond donors (Lipinski definition) is 0. The molecule has 0 spiro atoms. The predicted octanol–water partition coefficient (Wildman–Crippen LogP) is 5.16. The summed E-state index contributed by atoms with van der Waals surface area (Å²) in [6, 6.07) is 8.44. The van der Waals surface area contributed by atoms with Gasteiger partial charge in [0.25, 0.3) is 5.91 Å². The molecular weight excluding hydrogens is 438 g/mol. The van der Waals surface area contributed by atoms with Crippen molar-refractivity contribution in [3.63, 3.8) is 0 Å². The van der Waals surface area contributed by atoms with E-state index in [0.717, 1.165) is 73.6 Å². The third-order valence-electron chi connectivity index (χ3n) is 6.71. The number of anilines is 1. The molecule has 3 aliphatic heterocycles. The van der Waals surface area contributed by atoms with E-state index in [1.807, 2.05) is 6.08 Å². The van der Waals surface area contributed by atoms with Gasteiger partial charge in [-0.15, -0.1) is 0 Å². The minimum atomic E-state index is -0.0157. The fourth-order valence-electron chi connectivity index (χ4n) is 4.72. The normalized spacial score (nSPS) is 23.8. The van der Waals surface area contributed by atoms with E-state index in [1.165, 1.54) is 17.3 Å². The summed E-state index contributed by atoms with van der Waals surface area (Å²) in [5, 5.41) is 1.10. The number of benzene rings is 1. The lowest BCUT2D eigenvalue weighted by molar-refractivity contribution is -0.123. The van der Waals surface area contributed by atoms with Gasteiger partial charge in [-0.3, -0.25) is 9.69 Å². The SMILES string of the molecule is Cc1cccc2cc(/C=C3\SC(=S)N(CC4CCCO4)C3=O)c(N3CCC(C)CC3)nc12. The number of aromatic nitrogens is 1. The Labute approximate surface area is 199 Å². The Bertz CT molecular complexity index is 1090. The van der Waals surface area contributed by atoms with Crippen LogP contribution >= 0.6 is 24.0 Å². The molecular formula is C25H29N3O2S2. The quantitative estimate of drug-likeness (QED) is 0.457. The van der Waals surface area contributed by atoms with Gasteiger partial charge in [0.2, 0.25) is 0 Å². The van der Waals surface area contributed by atoms with Crippen LogP contribution in [0.15, 0.2) is 29.2 Å². The first-order chi connectivity index (χ1) is 15.5. The topological polar surface area (TPSA) is 45.7 Å². The summed E-state index contributed by atoms with van der Waals surface area (Å²) < 4.78 is 6.35. The number of thioether (sulfide) groups is 1. The van der Waals surface area contributed by atoms with Gasteiger partial charge in [0.15, 0.2) is 0 Å². The summed E-state index contributed by atoms with van der Waals surface area (Å²) in [7, 11) is 0. The van der Waals surface area contributed by atoms with Crippen molar-refractivity contribution in [3.8, 4) is 0 Å². The summed E-state index contributed by atoms with van der Waals surface area (Å²) in [5.74, 6) is 1.70. The van der Waals surface area contributed by atoms with Gasteiger partial charge in [0.05, 0.1) is 23.1 Å². The fourth-order valence-corrected chi connectivity index (χ4v) is 5.99. The van der Waals surface area contributed by atoms with E-state index in [9.17, 15) is 4.79 Å². The first kappa shape index (κ1) is 21.9. The number of aryl methyl sites for hydroxylation is 1. The zero-order valence-corrected chi connectivity index (χ0v) is 20.3. The number of carbonyl (C=O) groups is 1. The third-order valence-corrected chi connectivity index (χ3v) is 8.09. The number of fused-ring (bicyclic) bond motifs is 1. The number of thiocarbonyl (C=S) groups is 1. The molecule has 1 aromatic heterocycles. The molecule has 3 aliphatic rings. The van der Waals surface area contributed by atoms with Crippen LogP contribution in [0.4, 0.5) is 5.82 Å². The zero-order chi connectivity index (χ0) is 22.2. The molecule has 1 atom stereocenters. The maximum Gasteiger partial charge on any atom is 0.266 e. The van der Waals surface area contributed by atoms with E-state index in [2.05, 4.69) is 43.0 Å². The highest BCUT2D eigenvalue weighted by Gasteiger charge is 2.35. The highest BCUT2D eigenvalue weighted by atomic mass is 32.2. The van der Waals surface area contributed by atoms with E-state index in [1.54, 1.807) is 4.90 Å². The lowest BCUT2D eigenvalue weighted by Crippen LogP contribution is -2.35. The van der Waals surface area contributed by atoms with Crippen LogP contribution in [0.1, 0.15) is 43.7 Å². The molecule has 2 aromatic rings. The number of carbonyl (C=O) groups excluding carboxylic acids is 1. The summed E-state index contributed by atoms with van der Waals surface area (Å²) in [6.45, 7) is 7.73. The van der Waals surface area contributed by atoms with Crippen molar-refractivity contribution in [1.82, 2.24) is 9.88 Å². The van der Waals surface area contributed by atoms with Gasteiger partial charge in [-0.2, -0.15) is 0 Å². The molecule has 5 rings (SSSR count). The summed E-state index contributed by atoms with van der Waals surface area (Å²) >= 11 is 6.95. The Hall–Kier alpha value is -1.96. The molecule has 0 bridgehead atoms. The first-order valence-electron chi connectivity index (χ1n) is 11.5. The number of piperidine rings is 1. The van der Waals surface area contributed by atoms with E-state index >= 15 is 0 Å². The van der Waals surface area contributed by atoms with Crippen molar-refractivity contribution in [3.05, 3.63) is 40.3 Å². The number of amides is 1. The molecule has 32 heavy (non-hydrogen) atoms. The van der Waals surface area contributed by atoms with Crippen molar-refractivity contribution in [2.75, 3.05) is 31.1 Å². The van der Waals surface area contributed by atoms with E-state index in [0.29, 0.717) is 15.8 Å². The van der Waals surface area contributed by atoms with Crippen molar-refractivity contribution in [2.45, 2.75) is 45.6 Å². The fraction of sp³-hybridized carbons (Fsp3) is 0.480. The smallest absolute Gasteiger partial charge is 0.266 e. The van der Waals surface area contributed by atoms with Crippen molar-refractivity contribution in [2.24, 2.45) is 5.92 Å². The molecule has 1 amide bonds. The van der Waals surface area contributed by atoms with Gasteiger partial charge < -0.3 is 9.64 Å². The van der Waals surface area contributed by atoms with Crippen LogP contribution < -0.4 is 4.90 Å². The molecule has 0 saturated carbocycles. The third kappa shape index (κ3) is 4.30. The number of ether oxygens (including phenoxy) is 1. The Morgan fingerprint density at radius 1 is 1.28 bits per heavy atom. The lowest BCUT2D eigenvalue weighted by Gasteiger charge is -2.32. The molecule has 0 aliphatic carbocycles. The van der Waals surface area contributed by atoms with Gasteiger partial charge >= 0.3 is 0 Å². The highest BCUT2D eigenvalue weighted by molar-refractivity contribution is 8.26. The van der Waals surface area contributed by atoms with E-state index in [-0.39, 0.29) is 12.0 Å². The van der Waals surface area contributed by atoms with Crippen LogP contribution in [0.25, 0.3) is 17.0 Å². The molecule has 4 heterocycles. The Balaban J connectivity index is 1.51. The van der Waals surface area contributed by atoms with Crippen LogP contribution in [-0.4, -0.2) is 52.5 Å². The maximum atomic E-state index is 13.2. The van der Waals surface area contributed by atoms with Gasteiger partial charge in [0, 0.05) is 30.6 Å². The summed E-state index contributed by atoms with van der Waals surface area (Å²) in [4.78, 5) is 23.1. The van der Waals surface area contributed by atoms with Gasteiger partial charge in [-0.1, -0.05) is 49.1 Å². The maximum absolute atomic E-state index is 13.2. The van der Waals surface area contributed by atoms with E-state index < -0.39 is 0 Å². The standard InChI is InChI=1S/C25H29N3O2S2/c1-16-8-10-27(11-9-16)23-19(13-18-6-3-5-17(2)22(18)26-23)14-21-24(29)28(25(31)32-21)15-20-7-4-12-30-20/h3,5-6,13-14,16,20H,4,7-12,15H2,1-2H3/b21-14-. The van der Waals surface area contributed by atoms with Crippen molar-refractivity contribution < 1.29 is 9.53 Å². The van der Waals surface area contributed by atoms with Crippen molar-refractivity contribution in [1.29, 1.82) is 0 Å². The molecule has 1 unspecified atom stereocenters. The van der Waals surface area contributed by atoms with Crippen LogP contribution in [0.5, 0.6) is 0 Å². The average Bonchev–Trinajstić information content (AvgIpc) is 3.39. The van der Waals surface area contributed by atoms with Crippen molar-refractivity contribution >= 4 is 57.0 Å². The second-order valence-corrected chi connectivity index (χ2v) is 10.8. The number of rotatable bonds is 4. The van der Waals surface area contributed by atoms with Crippen LogP contribution in [0, 0.1) is 12.8 Å². The lowest BCUT2D eigenvalue weighted by atomic mass is 9.98. The molecule has 1 aromatic carbocycles. The number of hydrogen-bond acceptors (Lipinski definition) is 6. The van der Waals surface area contributed by atoms with Crippen LogP contribution in [0.3, 0.4) is 0 Å². The second-order valence-electron chi connectivity index (χ2n) is 9.14. The van der Waals surface area contributed by atoms with Gasteiger partial charge in [-0.25, -0.2) is 4.98 Å². The minimum Gasteiger partial charge on any atom is -0.376 e. The molecule has 168 valence electrons. The minimum absolute atomic E-state index is 0.0157. The zero-order valence-electron chi connectivity index (χ0n) is 18.7. The predicted molar refractivity (Wildman–Crippen MR) is 136 cm³/mol. The summed E-state index contributed by atoms with van der Waals surface area (Å²) in [5.41, 5.74) is 3.20. The van der Waals surface area contributed by atoms with E-state index in [4.69, 9.17) is 21.9 Å². The summed E-state index contributed by atoms with van der Waals surface area (Å²) in [6.07, 6.45) is 6.45. The number of para-hydroxylation sites is 1. The number of pyridine rings is 1. The van der Waals surface area contributed by atoms with Gasteiger partial charge in [0.1, 0.15) is 10.1 Å². The van der Waals surface area contributed by atoms with Gasteiger partial charge in [-0.05, 0) is 56.2 Å². The van der Waals surface area contributed by atoms with Crippen LogP contribution in [-0.2, 0) is 9.53 Å². The Morgan fingerprint density at radius 2 is 2.09 bits per heavy atom. The Morgan fingerprint density at radius 3 is 2.84 bits per heavy atom. The molecule has 3 saturated heterocycles. The average molecular weight is 468 g/mol. The monoisotopic (exact) mass is 467 g/mol. The highest BCUT2D eigenvalue weighted by Crippen LogP contribution is 2.36. The molecule has 7 heteroatoms. The van der Waals surface area contributed by atoms with Crippen LogP contribution in [0.2, 0.25) is 0 Å². The second kappa shape index (κ2) is 9.12. The number of nitrogens with zero attached hydrogens (tertiary/aromatic N) is 3. The molecule has 0 N–H and O–H groups in total. The Kier molecular flexibility index (Phi) is 6.23. The molecule has 0 radical (unpaired) electrons. The molecule has 3 fully saturated rings.